The van der Waals surface area contributed by atoms with Crippen molar-refractivity contribution in [2.75, 3.05) is 0 Å². The van der Waals surface area contributed by atoms with Gasteiger partial charge in [-0.1, -0.05) is 11.6 Å². The smallest absolute Gasteiger partial charge is 0.198 e. The number of hydrogen-bond donors (Lipinski definition) is 1. The minimum Gasteiger partial charge on any atom is -0.463 e. The van der Waals surface area contributed by atoms with Gasteiger partial charge in [0, 0.05) is 29.6 Å². The van der Waals surface area contributed by atoms with Crippen molar-refractivity contribution in [1.82, 2.24) is 4.98 Å². The van der Waals surface area contributed by atoms with E-state index in [1.165, 1.54) is 0 Å². The summed E-state index contributed by atoms with van der Waals surface area (Å²) in [5, 5.41) is 11.9. The zero-order chi connectivity index (χ0) is 19.3. The lowest BCUT2D eigenvalue weighted by atomic mass is 9.90. The van der Waals surface area contributed by atoms with E-state index in [1.807, 2.05) is 31.3 Å². The van der Waals surface area contributed by atoms with Gasteiger partial charge in [0.1, 0.15) is 5.76 Å². The van der Waals surface area contributed by atoms with E-state index in [0.717, 1.165) is 32.3 Å². The van der Waals surface area contributed by atoms with Crippen LogP contribution in [0.3, 0.4) is 0 Å². The molecular weight excluding hydrogens is 398 g/mol. The van der Waals surface area contributed by atoms with Gasteiger partial charge in [0.25, 0.3) is 0 Å². The second-order valence-corrected chi connectivity index (χ2v) is 8.96. The Labute approximate surface area is 171 Å². The quantitative estimate of drug-likeness (QED) is 0.657. The molecule has 2 aromatic heterocycles. The summed E-state index contributed by atoms with van der Waals surface area (Å²) in [4.78, 5) is 5.52. The Morgan fingerprint density at radius 3 is 3.07 bits per heavy atom. The van der Waals surface area contributed by atoms with Crippen LogP contribution in [0, 0.1) is 0 Å². The van der Waals surface area contributed by atoms with Crippen LogP contribution in [-0.2, 0) is 28.3 Å². The third-order valence-electron chi connectivity index (χ3n) is 5.30. The lowest BCUT2D eigenvalue weighted by Crippen LogP contribution is -2.43. The Balaban J connectivity index is 1.46. The molecule has 0 radical (unpaired) electrons. The predicted molar refractivity (Wildman–Crippen MR) is 106 cm³/mol. The van der Waals surface area contributed by atoms with E-state index in [4.69, 9.17) is 25.5 Å². The highest BCUT2D eigenvalue weighted by Crippen LogP contribution is 2.47. The number of hydrogen-bond acceptors (Lipinski definition) is 6. The van der Waals surface area contributed by atoms with E-state index in [1.54, 1.807) is 17.6 Å². The molecule has 5 rings (SSSR count). The van der Waals surface area contributed by atoms with E-state index in [2.05, 4.69) is 11.1 Å². The molecule has 2 aliphatic heterocycles. The van der Waals surface area contributed by atoms with Crippen LogP contribution in [-0.4, -0.2) is 22.3 Å². The summed E-state index contributed by atoms with van der Waals surface area (Å²) in [6, 6.07) is 7.80. The molecule has 3 aromatic rings. The maximum atomic E-state index is 10.3. The van der Waals surface area contributed by atoms with Crippen molar-refractivity contribution in [2.45, 2.75) is 50.8 Å². The Kier molecular flexibility index (Phi) is 4.56. The molecule has 3 atom stereocenters. The van der Waals surface area contributed by atoms with Gasteiger partial charge < -0.3 is 19.0 Å². The molecule has 28 heavy (non-hydrogen) atoms. The second-order valence-electron chi connectivity index (χ2n) is 7.44. The Hall–Kier alpha value is -1.70. The molecule has 1 fully saturated rings. The molecule has 146 valence electrons. The number of furan rings is 1. The summed E-state index contributed by atoms with van der Waals surface area (Å²) < 4.78 is 17.7. The van der Waals surface area contributed by atoms with Gasteiger partial charge in [-0.2, -0.15) is 0 Å². The zero-order valence-corrected chi connectivity index (χ0v) is 16.9. The summed E-state index contributed by atoms with van der Waals surface area (Å²) in [5.41, 5.74) is 2.97. The number of thiazole rings is 1. The Bertz CT molecular complexity index is 990. The number of ether oxygens (including phenoxy) is 2. The molecule has 0 aliphatic carbocycles. The standard InChI is InChI=1S/C21H20ClNO4S/c1-12-5-15(24)9-21(27-12)16-6-13(17(22)7-14(16)11-26-21)8-20-23-10-19(28-20)18-3-2-4-25-18/h2-4,6-7,10,12,15,24H,5,8-9,11H2,1H3/t12?,15?,21-/m1/s1. The molecule has 0 amide bonds. The van der Waals surface area contributed by atoms with E-state index < -0.39 is 11.9 Å². The van der Waals surface area contributed by atoms with Crippen molar-refractivity contribution in [3.05, 3.63) is 63.4 Å². The van der Waals surface area contributed by atoms with Crippen LogP contribution in [0.5, 0.6) is 0 Å². The van der Waals surface area contributed by atoms with E-state index in [9.17, 15) is 5.11 Å². The highest BCUT2D eigenvalue weighted by Gasteiger charge is 2.47. The van der Waals surface area contributed by atoms with Gasteiger partial charge in [0.05, 0.1) is 35.0 Å². The van der Waals surface area contributed by atoms with Crippen LogP contribution < -0.4 is 0 Å². The largest absolute Gasteiger partial charge is 0.463 e. The van der Waals surface area contributed by atoms with Gasteiger partial charge in [0.2, 0.25) is 0 Å². The number of aromatic nitrogens is 1. The van der Waals surface area contributed by atoms with Gasteiger partial charge in [-0.3, -0.25) is 0 Å². The lowest BCUT2D eigenvalue weighted by molar-refractivity contribution is -0.295. The summed E-state index contributed by atoms with van der Waals surface area (Å²) in [7, 11) is 0. The molecule has 0 bridgehead atoms. The number of aliphatic hydroxyl groups is 1. The summed E-state index contributed by atoms with van der Waals surface area (Å²) in [6.45, 7) is 2.41. The number of halogens is 1. The van der Waals surface area contributed by atoms with Gasteiger partial charge in [-0.15, -0.1) is 11.3 Å². The van der Waals surface area contributed by atoms with Crippen molar-refractivity contribution >= 4 is 22.9 Å². The molecule has 7 heteroatoms. The van der Waals surface area contributed by atoms with Crippen molar-refractivity contribution in [1.29, 1.82) is 0 Å². The van der Waals surface area contributed by atoms with Crippen LogP contribution in [0.1, 0.15) is 41.5 Å². The third kappa shape index (κ3) is 3.19. The first kappa shape index (κ1) is 18.3. The summed E-state index contributed by atoms with van der Waals surface area (Å²) in [5.74, 6) is -0.0664. The number of benzene rings is 1. The van der Waals surface area contributed by atoms with Crippen LogP contribution in [0.15, 0.2) is 41.1 Å². The SMILES string of the molecule is CC1CC(O)C[C@@]2(OCc3cc(Cl)c(Cc4ncc(-c5ccco5)s4)cc32)O1. The highest BCUT2D eigenvalue weighted by molar-refractivity contribution is 7.15. The number of rotatable bonds is 3. The van der Waals surface area contributed by atoms with E-state index in [-0.39, 0.29) is 6.10 Å². The molecule has 2 aliphatic rings. The number of nitrogens with zero attached hydrogens (tertiary/aromatic N) is 1. The molecule has 0 saturated carbocycles. The fraction of sp³-hybridized carbons (Fsp3) is 0.381. The molecule has 1 spiro atoms. The topological polar surface area (TPSA) is 64.7 Å². The first-order valence-corrected chi connectivity index (χ1v) is 10.5. The third-order valence-corrected chi connectivity index (χ3v) is 6.67. The molecule has 4 heterocycles. The van der Waals surface area contributed by atoms with Gasteiger partial charge >= 0.3 is 0 Å². The maximum absolute atomic E-state index is 10.3. The minimum absolute atomic E-state index is 0.0661. The van der Waals surface area contributed by atoms with Gasteiger partial charge in [0.15, 0.2) is 5.79 Å². The fourth-order valence-corrected chi connectivity index (χ4v) is 5.25. The van der Waals surface area contributed by atoms with Crippen LogP contribution in [0.25, 0.3) is 10.6 Å². The Morgan fingerprint density at radius 1 is 1.39 bits per heavy atom. The summed E-state index contributed by atoms with van der Waals surface area (Å²) in [6.07, 6.45) is 4.65. The molecular formula is C21H20ClNO4S. The van der Waals surface area contributed by atoms with Crippen molar-refractivity contribution in [2.24, 2.45) is 0 Å². The number of fused-ring (bicyclic) bond motifs is 2. The van der Waals surface area contributed by atoms with Crippen molar-refractivity contribution in [3.63, 3.8) is 0 Å². The average molecular weight is 418 g/mol. The minimum atomic E-state index is -0.881. The lowest BCUT2D eigenvalue weighted by Gasteiger charge is -2.39. The monoisotopic (exact) mass is 417 g/mol. The first-order valence-electron chi connectivity index (χ1n) is 9.32. The number of aliphatic hydroxyl groups excluding tert-OH is 1. The maximum Gasteiger partial charge on any atom is 0.198 e. The predicted octanol–water partition coefficient (Wildman–Crippen LogP) is 4.89. The molecule has 5 nitrogen and oxygen atoms in total. The van der Waals surface area contributed by atoms with Crippen molar-refractivity contribution in [3.8, 4) is 10.6 Å². The van der Waals surface area contributed by atoms with E-state index >= 15 is 0 Å². The summed E-state index contributed by atoms with van der Waals surface area (Å²) >= 11 is 8.15. The van der Waals surface area contributed by atoms with Crippen LogP contribution >= 0.6 is 22.9 Å². The van der Waals surface area contributed by atoms with Crippen LogP contribution in [0.2, 0.25) is 5.02 Å². The normalized spacial score (nSPS) is 26.7. The van der Waals surface area contributed by atoms with Gasteiger partial charge in [-0.05, 0) is 48.7 Å². The molecule has 2 unspecified atom stereocenters. The highest BCUT2D eigenvalue weighted by atomic mass is 35.5. The molecule has 1 saturated heterocycles. The fourth-order valence-electron chi connectivity index (χ4n) is 4.09. The van der Waals surface area contributed by atoms with Gasteiger partial charge in [-0.25, -0.2) is 4.98 Å². The van der Waals surface area contributed by atoms with Crippen LogP contribution in [0.4, 0.5) is 0 Å². The Morgan fingerprint density at radius 2 is 2.29 bits per heavy atom. The first-order chi connectivity index (χ1) is 13.5. The molecule has 1 N–H and O–H groups in total. The van der Waals surface area contributed by atoms with E-state index in [0.29, 0.717) is 30.9 Å². The molecule has 1 aromatic carbocycles. The zero-order valence-electron chi connectivity index (χ0n) is 15.4. The average Bonchev–Trinajstić information content (AvgIpc) is 3.37. The van der Waals surface area contributed by atoms with Crippen molar-refractivity contribution < 1.29 is 19.0 Å². The second kappa shape index (κ2) is 6.97.